The van der Waals surface area contributed by atoms with Crippen LogP contribution in [0.25, 0.3) is 6.08 Å². The van der Waals surface area contributed by atoms with Crippen molar-refractivity contribution < 1.29 is 19.0 Å². The highest BCUT2D eigenvalue weighted by Gasteiger charge is 2.33. The van der Waals surface area contributed by atoms with Crippen LogP contribution in [0, 0.1) is 0 Å². The predicted octanol–water partition coefficient (Wildman–Crippen LogP) is 2.82. The van der Waals surface area contributed by atoms with Crippen molar-refractivity contribution in [2.75, 3.05) is 20.8 Å². The number of hydrogen-bond acceptors (Lipinski definition) is 7. The maximum Gasteiger partial charge on any atom is 0.338 e. The van der Waals surface area contributed by atoms with Crippen LogP contribution in [0.2, 0.25) is 0 Å². The molecule has 2 heterocycles. The molecule has 0 N–H and O–H groups in total. The SMILES string of the molecule is CCOc1ccccc1/C=c1/sc2n(c1=O)[C@H](c1ccc(OC)cc1)C(C(=O)OC)=C(C)N=2. The van der Waals surface area contributed by atoms with E-state index in [2.05, 4.69) is 4.99 Å². The molecule has 33 heavy (non-hydrogen) atoms. The summed E-state index contributed by atoms with van der Waals surface area (Å²) in [6, 6.07) is 14.2. The minimum absolute atomic E-state index is 0.236. The summed E-state index contributed by atoms with van der Waals surface area (Å²) in [7, 11) is 2.91. The van der Waals surface area contributed by atoms with E-state index in [1.807, 2.05) is 43.3 Å². The summed E-state index contributed by atoms with van der Waals surface area (Å²) in [5.41, 5.74) is 2.17. The lowest BCUT2D eigenvalue weighted by molar-refractivity contribution is -0.136. The van der Waals surface area contributed by atoms with Gasteiger partial charge in [0, 0.05) is 5.56 Å². The average molecular weight is 465 g/mol. The van der Waals surface area contributed by atoms with Crippen molar-refractivity contribution in [3.8, 4) is 11.5 Å². The Labute approximate surface area is 194 Å². The molecule has 0 radical (unpaired) electrons. The first-order valence-electron chi connectivity index (χ1n) is 10.4. The normalized spacial score (nSPS) is 15.6. The summed E-state index contributed by atoms with van der Waals surface area (Å²) in [6.07, 6.45) is 1.80. The van der Waals surface area contributed by atoms with Crippen molar-refractivity contribution in [2.24, 2.45) is 4.99 Å². The molecule has 2 aromatic carbocycles. The average Bonchev–Trinajstić information content (AvgIpc) is 3.13. The van der Waals surface area contributed by atoms with E-state index in [0.29, 0.717) is 38.7 Å². The van der Waals surface area contributed by atoms with Crippen molar-refractivity contribution in [3.05, 3.63) is 90.6 Å². The molecule has 1 aliphatic heterocycles. The summed E-state index contributed by atoms with van der Waals surface area (Å²) < 4.78 is 18.1. The molecule has 0 spiro atoms. The molecular formula is C25H24N2O5S. The zero-order chi connectivity index (χ0) is 23.5. The number of nitrogens with zero attached hydrogens (tertiary/aromatic N) is 2. The maximum absolute atomic E-state index is 13.6. The number of rotatable bonds is 6. The highest BCUT2D eigenvalue weighted by atomic mass is 32.1. The number of esters is 1. The van der Waals surface area contributed by atoms with Crippen molar-refractivity contribution in [2.45, 2.75) is 19.9 Å². The molecule has 0 unspecified atom stereocenters. The molecule has 0 amide bonds. The van der Waals surface area contributed by atoms with Crippen LogP contribution in [-0.2, 0) is 9.53 Å². The van der Waals surface area contributed by atoms with Gasteiger partial charge in [0.05, 0.1) is 42.7 Å². The predicted molar refractivity (Wildman–Crippen MR) is 126 cm³/mol. The Morgan fingerprint density at radius 1 is 1.15 bits per heavy atom. The lowest BCUT2D eigenvalue weighted by atomic mass is 9.96. The number of fused-ring (bicyclic) bond motifs is 1. The van der Waals surface area contributed by atoms with Crippen LogP contribution < -0.4 is 24.4 Å². The van der Waals surface area contributed by atoms with Gasteiger partial charge in [-0.2, -0.15) is 0 Å². The van der Waals surface area contributed by atoms with E-state index in [1.54, 1.807) is 36.8 Å². The molecule has 170 valence electrons. The molecule has 0 aliphatic carbocycles. The van der Waals surface area contributed by atoms with Crippen LogP contribution in [0.1, 0.15) is 31.0 Å². The standard InChI is InChI=1S/C25H24N2O5S/c1-5-32-19-9-7-6-8-17(19)14-20-23(28)27-22(16-10-12-18(30-3)13-11-16)21(24(29)31-4)15(2)26-25(27)33-20/h6-14,22H,5H2,1-4H3/b20-14+/t22-/m1/s1. The van der Waals surface area contributed by atoms with E-state index in [1.165, 1.54) is 18.4 Å². The van der Waals surface area contributed by atoms with Gasteiger partial charge < -0.3 is 14.2 Å². The molecule has 0 saturated heterocycles. The van der Waals surface area contributed by atoms with E-state index in [-0.39, 0.29) is 5.56 Å². The quantitative estimate of drug-likeness (QED) is 0.524. The zero-order valence-electron chi connectivity index (χ0n) is 18.8. The van der Waals surface area contributed by atoms with Gasteiger partial charge in [-0.15, -0.1) is 0 Å². The first kappa shape index (κ1) is 22.5. The van der Waals surface area contributed by atoms with Gasteiger partial charge in [0.15, 0.2) is 4.80 Å². The Morgan fingerprint density at radius 3 is 2.55 bits per heavy atom. The summed E-state index contributed by atoms with van der Waals surface area (Å²) in [5.74, 6) is 0.857. The van der Waals surface area contributed by atoms with Gasteiger partial charge in [0.25, 0.3) is 5.56 Å². The summed E-state index contributed by atoms with van der Waals surface area (Å²) in [6.45, 7) is 4.19. The molecule has 8 heteroatoms. The molecule has 1 atom stereocenters. The highest BCUT2D eigenvalue weighted by Crippen LogP contribution is 2.31. The first-order valence-corrected chi connectivity index (χ1v) is 11.3. The van der Waals surface area contributed by atoms with Gasteiger partial charge in [-0.1, -0.05) is 41.7 Å². The zero-order valence-corrected chi connectivity index (χ0v) is 19.6. The Bertz CT molecular complexity index is 1400. The minimum Gasteiger partial charge on any atom is -0.497 e. The fraction of sp³-hybridized carbons (Fsp3) is 0.240. The smallest absolute Gasteiger partial charge is 0.338 e. The second-order valence-corrected chi connectivity index (χ2v) is 8.33. The Hall–Kier alpha value is -3.65. The second kappa shape index (κ2) is 9.46. The number of allylic oxidation sites excluding steroid dienone is 1. The van der Waals surface area contributed by atoms with Crippen molar-refractivity contribution in [3.63, 3.8) is 0 Å². The summed E-state index contributed by atoms with van der Waals surface area (Å²) >= 11 is 1.28. The third-order valence-electron chi connectivity index (χ3n) is 5.36. The van der Waals surface area contributed by atoms with E-state index in [9.17, 15) is 9.59 Å². The van der Waals surface area contributed by atoms with Crippen LogP contribution in [0.4, 0.5) is 0 Å². The lowest BCUT2D eigenvalue weighted by Gasteiger charge is -2.24. The second-order valence-electron chi connectivity index (χ2n) is 7.32. The van der Waals surface area contributed by atoms with Crippen molar-refractivity contribution >= 4 is 23.4 Å². The Kier molecular flexibility index (Phi) is 6.46. The minimum atomic E-state index is -0.663. The van der Waals surface area contributed by atoms with Gasteiger partial charge in [-0.25, -0.2) is 9.79 Å². The molecule has 0 saturated carbocycles. The monoisotopic (exact) mass is 464 g/mol. The molecule has 3 aromatic rings. The number of ether oxygens (including phenoxy) is 3. The van der Waals surface area contributed by atoms with Gasteiger partial charge in [-0.3, -0.25) is 9.36 Å². The Balaban J connectivity index is 1.95. The van der Waals surface area contributed by atoms with E-state index in [4.69, 9.17) is 14.2 Å². The van der Waals surface area contributed by atoms with Crippen molar-refractivity contribution in [1.82, 2.24) is 4.57 Å². The van der Waals surface area contributed by atoms with Crippen LogP contribution in [-0.4, -0.2) is 31.4 Å². The van der Waals surface area contributed by atoms with E-state index < -0.39 is 12.0 Å². The summed E-state index contributed by atoms with van der Waals surface area (Å²) in [5, 5.41) is 0. The third kappa shape index (κ3) is 4.21. The van der Waals surface area contributed by atoms with Crippen LogP contribution >= 0.6 is 11.3 Å². The lowest BCUT2D eigenvalue weighted by Crippen LogP contribution is -2.39. The fourth-order valence-electron chi connectivity index (χ4n) is 3.82. The maximum atomic E-state index is 13.6. The first-order chi connectivity index (χ1) is 16.0. The molecular weight excluding hydrogens is 440 g/mol. The van der Waals surface area contributed by atoms with Gasteiger partial charge in [0.1, 0.15) is 11.5 Å². The number of carbonyl (C=O) groups excluding carboxylic acids is 1. The number of para-hydroxylation sites is 1. The van der Waals surface area contributed by atoms with Gasteiger partial charge in [0.2, 0.25) is 0 Å². The highest BCUT2D eigenvalue weighted by molar-refractivity contribution is 7.07. The number of benzene rings is 2. The topological polar surface area (TPSA) is 79.1 Å². The number of methoxy groups -OCH3 is 2. The molecule has 4 rings (SSSR count). The molecule has 0 bridgehead atoms. The molecule has 7 nitrogen and oxygen atoms in total. The van der Waals surface area contributed by atoms with Crippen LogP contribution in [0.15, 0.2) is 69.6 Å². The largest absolute Gasteiger partial charge is 0.497 e. The van der Waals surface area contributed by atoms with Crippen molar-refractivity contribution in [1.29, 1.82) is 0 Å². The van der Waals surface area contributed by atoms with E-state index >= 15 is 0 Å². The number of hydrogen-bond donors (Lipinski definition) is 0. The third-order valence-corrected chi connectivity index (χ3v) is 6.35. The molecule has 1 aromatic heterocycles. The summed E-state index contributed by atoms with van der Waals surface area (Å²) in [4.78, 5) is 31.4. The number of aromatic nitrogens is 1. The van der Waals surface area contributed by atoms with Crippen LogP contribution in [0.5, 0.6) is 11.5 Å². The fourth-order valence-corrected chi connectivity index (χ4v) is 4.86. The van der Waals surface area contributed by atoms with E-state index in [0.717, 1.165) is 11.1 Å². The molecule has 0 fully saturated rings. The number of thiazole rings is 1. The van der Waals surface area contributed by atoms with Crippen LogP contribution in [0.3, 0.4) is 0 Å². The number of carbonyl (C=O) groups is 1. The van der Waals surface area contributed by atoms with Gasteiger partial charge >= 0.3 is 5.97 Å². The Morgan fingerprint density at radius 2 is 1.88 bits per heavy atom. The molecule has 1 aliphatic rings. The van der Waals surface area contributed by atoms with Gasteiger partial charge in [-0.05, 0) is 43.7 Å².